The number of benzene rings is 1. The minimum atomic E-state index is -2.03. The fourth-order valence-corrected chi connectivity index (χ4v) is 3.26. The number of H-pyrrole nitrogens is 1. The van der Waals surface area contributed by atoms with Gasteiger partial charge in [0.1, 0.15) is 18.2 Å². The van der Waals surface area contributed by atoms with E-state index in [9.17, 15) is 19.1 Å². The van der Waals surface area contributed by atoms with Crippen LogP contribution in [-0.4, -0.2) is 26.1 Å². The van der Waals surface area contributed by atoms with Gasteiger partial charge in [0.05, 0.1) is 10.0 Å². The van der Waals surface area contributed by atoms with Crippen LogP contribution in [0.2, 0.25) is 10.0 Å². The molecule has 2 heterocycles. The molecule has 3 rings (SSSR count). The first-order valence-corrected chi connectivity index (χ1v) is 9.27. The molecule has 8 nitrogen and oxygen atoms in total. The van der Waals surface area contributed by atoms with E-state index in [1.807, 2.05) is 18.8 Å². The van der Waals surface area contributed by atoms with Crippen LogP contribution in [0.5, 0.6) is 5.75 Å². The smallest absolute Gasteiger partial charge is 0.347 e. The van der Waals surface area contributed by atoms with Gasteiger partial charge in [-0.1, -0.05) is 37.0 Å². The first-order valence-electron chi connectivity index (χ1n) is 8.52. The third kappa shape index (κ3) is 4.52. The number of rotatable bonds is 5. The summed E-state index contributed by atoms with van der Waals surface area (Å²) in [6.07, 6.45) is 1.05. The van der Waals surface area contributed by atoms with Crippen LogP contribution in [0.15, 0.2) is 51.5 Å². The first kappa shape index (κ1) is 21.1. The molecule has 0 radical (unpaired) electrons. The first-order chi connectivity index (χ1) is 13.7. The highest BCUT2D eigenvalue weighted by Crippen LogP contribution is 2.38. The van der Waals surface area contributed by atoms with Crippen molar-refractivity contribution in [2.75, 3.05) is 0 Å². The number of aliphatic hydroxyl groups is 1. The van der Waals surface area contributed by atoms with Crippen molar-refractivity contribution < 1.29 is 14.2 Å². The Labute approximate surface area is 174 Å². The highest BCUT2D eigenvalue weighted by atomic mass is 35.5. The summed E-state index contributed by atoms with van der Waals surface area (Å²) < 4.78 is 20.9. The fourth-order valence-electron chi connectivity index (χ4n) is 2.68. The molecule has 29 heavy (non-hydrogen) atoms. The zero-order valence-electron chi connectivity index (χ0n) is 15.3. The number of dihydropyridines is 1. The zero-order valence-corrected chi connectivity index (χ0v) is 16.8. The van der Waals surface area contributed by atoms with Crippen molar-refractivity contribution in [1.82, 2.24) is 20.1 Å². The Morgan fingerprint density at radius 3 is 2.52 bits per heavy atom. The molecule has 1 aliphatic rings. The second-order valence-corrected chi connectivity index (χ2v) is 7.36. The molecule has 1 aromatic carbocycles. The summed E-state index contributed by atoms with van der Waals surface area (Å²) in [5.74, 6) is 0.495. The van der Waals surface area contributed by atoms with E-state index in [2.05, 4.69) is 10.4 Å². The summed E-state index contributed by atoms with van der Waals surface area (Å²) in [5, 5.41) is 16.2. The number of halogens is 3. The number of hydrogen-bond donors (Lipinski definition) is 3. The van der Waals surface area contributed by atoms with Crippen LogP contribution >= 0.6 is 23.2 Å². The number of allylic oxidation sites excluding steroid dienone is 1. The van der Waals surface area contributed by atoms with Crippen molar-refractivity contribution in [3.05, 3.63) is 78.4 Å². The van der Waals surface area contributed by atoms with Crippen LogP contribution in [-0.2, 0) is 0 Å². The summed E-state index contributed by atoms with van der Waals surface area (Å²) in [6.45, 7) is 3.84. The number of aromatic amines is 1. The van der Waals surface area contributed by atoms with Gasteiger partial charge in [-0.2, -0.15) is 9.78 Å². The standard InChI is InChI=1S/C18H17Cl2FN4O4/c1-8(2)11-5-10(6-22-17(11)27)29-15-12(19)3-9(4-13(15)20)16(21)25-18(28)24-14(26)7-23-25/h3-8,16-17,22,27H,1-2H3,(H,24,26,28). The van der Waals surface area contributed by atoms with Crippen LogP contribution in [0.3, 0.4) is 0 Å². The van der Waals surface area contributed by atoms with E-state index in [4.69, 9.17) is 27.9 Å². The van der Waals surface area contributed by atoms with Crippen LogP contribution < -0.4 is 21.3 Å². The molecule has 0 saturated heterocycles. The quantitative estimate of drug-likeness (QED) is 0.655. The topological polar surface area (TPSA) is 109 Å². The molecule has 0 bridgehead atoms. The van der Waals surface area contributed by atoms with E-state index in [1.165, 1.54) is 18.3 Å². The molecule has 1 aliphatic heterocycles. The van der Waals surface area contributed by atoms with Crippen molar-refractivity contribution in [1.29, 1.82) is 0 Å². The van der Waals surface area contributed by atoms with E-state index in [0.29, 0.717) is 16.0 Å². The molecule has 0 aliphatic carbocycles. The van der Waals surface area contributed by atoms with Crippen molar-refractivity contribution in [2.24, 2.45) is 5.92 Å². The van der Waals surface area contributed by atoms with Gasteiger partial charge < -0.3 is 15.2 Å². The highest BCUT2D eigenvalue weighted by molar-refractivity contribution is 6.37. The molecule has 2 unspecified atom stereocenters. The minimum absolute atomic E-state index is 0.000794. The fraction of sp³-hybridized carbons (Fsp3) is 0.278. The van der Waals surface area contributed by atoms with Gasteiger partial charge in [0.15, 0.2) is 5.75 Å². The lowest BCUT2D eigenvalue weighted by Crippen LogP contribution is -2.33. The Bertz CT molecular complexity index is 1090. The number of nitrogens with one attached hydrogen (secondary N) is 2. The van der Waals surface area contributed by atoms with Crippen molar-refractivity contribution >= 4 is 23.2 Å². The van der Waals surface area contributed by atoms with Crippen molar-refractivity contribution in [3.63, 3.8) is 0 Å². The minimum Gasteiger partial charge on any atom is -0.453 e. The van der Waals surface area contributed by atoms with Crippen molar-refractivity contribution in [2.45, 2.75) is 26.4 Å². The second-order valence-electron chi connectivity index (χ2n) is 6.55. The summed E-state index contributed by atoms with van der Waals surface area (Å²) in [4.78, 5) is 24.7. The molecule has 0 fully saturated rings. The Kier molecular flexibility index (Phi) is 6.11. The molecule has 3 N–H and O–H groups in total. The Hall–Kier alpha value is -2.62. The molecule has 1 aromatic heterocycles. The predicted molar refractivity (Wildman–Crippen MR) is 106 cm³/mol. The predicted octanol–water partition coefficient (Wildman–Crippen LogP) is 2.48. The molecule has 2 atom stereocenters. The van der Waals surface area contributed by atoms with Crippen molar-refractivity contribution in [3.8, 4) is 5.75 Å². The van der Waals surface area contributed by atoms with Crippen LogP contribution in [0.4, 0.5) is 4.39 Å². The maximum Gasteiger partial charge on any atom is 0.347 e. The van der Waals surface area contributed by atoms with E-state index in [1.54, 1.807) is 6.08 Å². The molecule has 0 spiro atoms. The Morgan fingerprint density at radius 2 is 1.93 bits per heavy atom. The monoisotopic (exact) mass is 442 g/mol. The van der Waals surface area contributed by atoms with Gasteiger partial charge in [-0.25, -0.2) is 9.18 Å². The highest BCUT2D eigenvalue weighted by Gasteiger charge is 2.22. The van der Waals surface area contributed by atoms with E-state index >= 15 is 0 Å². The number of ether oxygens (including phenoxy) is 1. The SMILES string of the molecule is CC(C)C1=CC(Oc2c(Cl)cc(C(F)n3ncc(=O)[nH]c3=O)cc2Cl)=CNC1O. The van der Waals surface area contributed by atoms with Crippen LogP contribution in [0.1, 0.15) is 25.7 Å². The average Bonchev–Trinajstić information content (AvgIpc) is 2.65. The summed E-state index contributed by atoms with van der Waals surface area (Å²) in [7, 11) is 0. The van der Waals surface area contributed by atoms with Gasteiger partial charge in [0, 0.05) is 11.8 Å². The third-order valence-electron chi connectivity index (χ3n) is 4.14. The summed E-state index contributed by atoms with van der Waals surface area (Å²) in [5.41, 5.74) is -1.11. The lowest BCUT2D eigenvalue weighted by Gasteiger charge is -2.24. The molecule has 2 aromatic rings. The molecule has 0 saturated carbocycles. The van der Waals surface area contributed by atoms with Gasteiger partial charge in [-0.05, 0) is 29.7 Å². The van der Waals surface area contributed by atoms with Crippen LogP contribution in [0.25, 0.3) is 0 Å². The number of alkyl halides is 1. The number of hydrogen-bond acceptors (Lipinski definition) is 6. The Balaban J connectivity index is 1.90. The van der Waals surface area contributed by atoms with E-state index in [0.717, 1.165) is 6.20 Å². The third-order valence-corrected chi connectivity index (χ3v) is 4.70. The molecular weight excluding hydrogens is 426 g/mol. The van der Waals surface area contributed by atoms with Gasteiger partial charge >= 0.3 is 5.69 Å². The van der Waals surface area contributed by atoms with Gasteiger partial charge in [-0.15, -0.1) is 0 Å². The molecule has 154 valence electrons. The van der Waals surface area contributed by atoms with E-state index in [-0.39, 0.29) is 27.3 Å². The number of nitrogens with zero attached hydrogens (tertiary/aromatic N) is 2. The molecule has 11 heteroatoms. The Morgan fingerprint density at radius 1 is 1.28 bits per heavy atom. The second kappa shape index (κ2) is 8.40. The van der Waals surface area contributed by atoms with E-state index < -0.39 is 23.8 Å². The normalized spacial score (nSPS) is 17.4. The number of aromatic nitrogens is 3. The lowest BCUT2D eigenvalue weighted by molar-refractivity contribution is 0.173. The summed E-state index contributed by atoms with van der Waals surface area (Å²) >= 11 is 12.4. The summed E-state index contributed by atoms with van der Waals surface area (Å²) in [6, 6.07) is 2.48. The zero-order chi connectivity index (χ0) is 21.3. The van der Waals surface area contributed by atoms with Gasteiger partial charge in [0.2, 0.25) is 6.30 Å². The number of aliphatic hydroxyl groups excluding tert-OH is 1. The maximum absolute atomic E-state index is 14.8. The van der Waals surface area contributed by atoms with Crippen LogP contribution in [0, 0.1) is 5.92 Å². The average molecular weight is 443 g/mol. The molecule has 0 amide bonds. The lowest BCUT2D eigenvalue weighted by atomic mass is 9.99. The molecular formula is C18H17Cl2FN4O4. The maximum atomic E-state index is 14.8. The van der Waals surface area contributed by atoms with Gasteiger partial charge in [0.25, 0.3) is 5.56 Å². The largest absolute Gasteiger partial charge is 0.453 e. The van der Waals surface area contributed by atoms with Gasteiger partial charge in [-0.3, -0.25) is 9.78 Å².